The van der Waals surface area contributed by atoms with E-state index < -0.39 is 0 Å². The molecule has 0 spiro atoms. The Morgan fingerprint density at radius 2 is 0.359 bits per heavy atom. The summed E-state index contributed by atoms with van der Waals surface area (Å²) in [7, 11) is 0. The molecule has 0 unspecified atom stereocenters. The lowest BCUT2D eigenvalue weighted by Gasteiger charge is -2.20. The molecule has 0 aliphatic carbocycles. The van der Waals surface area contributed by atoms with Gasteiger partial charge in [-0.2, -0.15) is 0 Å². The van der Waals surface area contributed by atoms with Crippen molar-refractivity contribution in [3.63, 3.8) is 0 Å². The number of rotatable bonds is 12. The Hall–Kier alpha value is -12.1. The van der Waals surface area contributed by atoms with Crippen LogP contribution in [0.3, 0.4) is 0 Å². The zero-order valence-electron chi connectivity index (χ0n) is 50.5. The smallest absolute Gasteiger partial charge is 0.0541 e. The van der Waals surface area contributed by atoms with Gasteiger partial charge in [0.25, 0.3) is 0 Å². The first-order valence-electron chi connectivity index (χ1n) is 31.7. The van der Waals surface area contributed by atoms with E-state index in [1.165, 1.54) is 111 Å². The highest BCUT2D eigenvalue weighted by molar-refractivity contribution is 6.15. The molecule has 0 aliphatic heterocycles. The maximum atomic E-state index is 2.53. The number of nitrogens with zero attached hydrogens (tertiary/aromatic N) is 2. The van der Waals surface area contributed by atoms with Crippen LogP contribution in [0.1, 0.15) is 0 Å². The van der Waals surface area contributed by atoms with E-state index in [1.54, 1.807) is 0 Å². The fraction of sp³-hybridized carbons (Fsp3) is 0. The highest BCUT2D eigenvalue weighted by atomic mass is 15.0. The van der Waals surface area contributed by atoms with Gasteiger partial charge in [0.1, 0.15) is 0 Å². The van der Waals surface area contributed by atoms with Crippen molar-refractivity contribution in [1.29, 1.82) is 0 Å². The van der Waals surface area contributed by atoms with Gasteiger partial charge >= 0.3 is 0 Å². The number of para-hydroxylation sites is 1. The Kier molecular flexibility index (Phi) is 13.6. The summed E-state index contributed by atoms with van der Waals surface area (Å²) in [5.41, 5.74) is 30.3. The molecule has 0 amide bonds. The van der Waals surface area contributed by atoms with Gasteiger partial charge in [0.15, 0.2) is 0 Å². The van der Waals surface area contributed by atoms with Crippen molar-refractivity contribution in [1.82, 2.24) is 9.13 Å². The van der Waals surface area contributed by atoms with Crippen LogP contribution in [-0.4, -0.2) is 9.13 Å². The van der Waals surface area contributed by atoms with Gasteiger partial charge in [-0.15, -0.1) is 0 Å². The van der Waals surface area contributed by atoms with Crippen LogP contribution in [0, 0.1) is 0 Å². The summed E-state index contributed by atoms with van der Waals surface area (Å²) >= 11 is 0. The fourth-order valence-electron chi connectivity index (χ4n) is 14.3. The molecule has 0 atom stereocenters. The minimum atomic E-state index is 1.09. The first-order valence-corrected chi connectivity index (χ1v) is 31.7. The molecule has 0 radical (unpaired) electrons. The van der Waals surface area contributed by atoms with Crippen LogP contribution < -0.4 is 0 Å². The van der Waals surface area contributed by atoms with Crippen molar-refractivity contribution >= 4 is 43.6 Å². The van der Waals surface area contributed by atoms with Crippen LogP contribution in [0.25, 0.3) is 166 Å². The van der Waals surface area contributed by atoms with Gasteiger partial charge in [0.05, 0.1) is 33.4 Å². The zero-order chi connectivity index (χ0) is 60.9. The van der Waals surface area contributed by atoms with E-state index in [1.807, 2.05) is 0 Å². The summed E-state index contributed by atoms with van der Waals surface area (Å²) in [4.78, 5) is 0. The van der Waals surface area contributed by atoms with Gasteiger partial charge in [0, 0.05) is 32.7 Å². The lowest BCUT2D eigenvalue weighted by atomic mass is 9.92. The molecule has 0 saturated carbocycles. The molecular formula is C90H60N2. The normalized spacial score (nSPS) is 11.5. The summed E-state index contributed by atoms with van der Waals surface area (Å²) in [6.07, 6.45) is 0. The van der Waals surface area contributed by atoms with Crippen molar-refractivity contribution in [2.24, 2.45) is 0 Å². The predicted octanol–water partition coefficient (Wildman–Crippen LogP) is 24.6. The quantitative estimate of drug-likeness (QED) is 0.115. The van der Waals surface area contributed by atoms with Crippen molar-refractivity contribution in [3.05, 3.63) is 364 Å². The summed E-state index contributed by atoms with van der Waals surface area (Å²) in [6, 6.07) is 134. The molecule has 0 saturated heterocycles. The van der Waals surface area contributed by atoms with Gasteiger partial charge in [-0.25, -0.2) is 0 Å². The molecule has 0 N–H and O–H groups in total. The molecule has 15 aromatic carbocycles. The van der Waals surface area contributed by atoms with Crippen LogP contribution in [0.4, 0.5) is 0 Å². The Labute approximate surface area is 536 Å². The van der Waals surface area contributed by atoms with Crippen molar-refractivity contribution in [2.45, 2.75) is 0 Å². The minimum absolute atomic E-state index is 1.09. The molecule has 2 aromatic heterocycles. The van der Waals surface area contributed by atoms with Gasteiger partial charge < -0.3 is 9.13 Å². The molecule has 17 rings (SSSR count). The highest BCUT2D eigenvalue weighted by Crippen LogP contribution is 2.47. The van der Waals surface area contributed by atoms with E-state index >= 15 is 0 Å². The molecule has 430 valence electrons. The largest absolute Gasteiger partial charge is 0.309 e. The van der Waals surface area contributed by atoms with Crippen LogP contribution in [0.15, 0.2) is 364 Å². The number of hydrogen-bond acceptors (Lipinski definition) is 0. The Morgan fingerprint density at radius 1 is 0.130 bits per heavy atom. The second-order valence-electron chi connectivity index (χ2n) is 23.9. The first kappa shape index (κ1) is 54.1. The van der Waals surface area contributed by atoms with Gasteiger partial charge in [0.2, 0.25) is 0 Å². The molecule has 0 bridgehead atoms. The Morgan fingerprint density at radius 3 is 0.663 bits per heavy atom. The van der Waals surface area contributed by atoms with Crippen LogP contribution >= 0.6 is 0 Å². The van der Waals surface area contributed by atoms with E-state index in [2.05, 4.69) is 373 Å². The molecule has 2 nitrogen and oxygen atoms in total. The second-order valence-corrected chi connectivity index (χ2v) is 23.9. The van der Waals surface area contributed by atoms with Gasteiger partial charge in [-0.05, 0) is 167 Å². The third kappa shape index (κ3) is 9.53. The van der Waals surface area contributed by atoms with E-state index in [0.29, 0.717) is 0 Å². The Balaban J connectivity index is 0.917. The maximum Gasteiger partial charge on any atom is 0.0541 e. The fourth-order valence-corrected chi connectivity index (χ4v) is 14.3. The van der Waals surface area contributed by atoms with Crippen molar-refractivity contribution in [2.75, 3.05) is 0 Å². The molecule has 2 heteroatoms. The van der Waals surface area contributed by atoms with E-state index in [-0.39, 0.29) is 0 Å². The monoisotopic (exact) mass is 1170 g/mol. The second kappa shape index (κ2) is 23.1. The standard InChI is InChI=1S/C90H60N2/c1-6-26-61(27-7-1)66-46-51-86(92-89-54-49-69(77-42-22-18-38-73(77)64-32-12-4-13-33-64)59-83(89)84-60-70(50-55-90(84)92)78-43-23-19-39-74(78)65-34-14-5-15-35-65)80(56-66)79-44-24-25-45-85(79)91-87-52-47-67(75-40-20-16-36-71(75)62-28-8-2-9-29-62)57-81(87)82-58-68(48-53-88(82)91)76-41-21-17-37-72(76)63-30-10-3-11-31-63/h1-60H. The van der Waals surface area contributed by atoms with E-state index in [4.69, 9.17) is 0 Å². The third-order valence-electron chi connectivity index (χ3n) is 18.6. The number of fused-ring (bicyclic) bond motifs is 6. The van der Waals surface area contributed by atoms with Gasteiger partial charge in [-0.3, -0.25) is 0 Å². The molecule has 92 heavy (non-hydrogen) atoms. The average molecular weight is 1170 g/mol. The number of benzene rings is 15. The van der Waals surface area contributed by atoms with Gasteiger partial charge in [-0.1, -0.05) is 297 Å². The van der Waals surface area contributed by atoms with Crippen LogP contribution in [0.2, 0.25) is 0 Å². The van der Waals surface area contributed by atoms with E-state index in [0.717, 1.165) is 55.7 Å². The summed E-state index contributed by atoms with van der Waals surface area (Å²) < 4.78 is 5.06. The van der Waals surface area contributed by atoms with E-state index in [9.17, 15) is 0 Å². The molecule has 17 aromatic rings. The Bertz CT molecular complexity index is 5320. The minimum Gasteiger partial charge on any atom is -0.309 e. The summed E-state index contributed by atoms with van der Waals surface area (Å²) in [5, 5.41) is 4.73. The molecule has 0 fully saturated rings. The zero-order valence-corrected chi connectivity index (χ0v) is 50.5. The molecular weight excluding hydrogens is 1110 g/mol. The third-order valence-corrected chi connectivity index (χ3v) is 18.6. The number of aromatic nitrogens is 2. The predicted molar refractivity (Wildman–Crippen MR) is 389 cm³/mol. The lowest BCUT2D eigenvalue weighted by Crippen LogP contribution is -2.02. The van der Waals surface area contributed by atoms with Crippen LogP contribution in [-0.2, 0) is 0 Å². The average Bonchev–Trinajstić information content (AvgIpc) is 1.58. The highest BCUT2D eigenvalue weighted by Gasteiger charge is 2.24. The molecule has 0 aliphatic rings. The summed E-state index contributed by atoms with van der Waals surface area (Å²) in [6.45, 7) is 0. The molecule has 2 heterocycles. The van der Waals surface area contributed by atoms with Crippen molar-refractivity contribution in [3.8, 4) is 123 Å². The maximum absolute atomic E-state index is 2.53. The SMILES string of the molecule is c1ccc(-c2ccc(-n3c4ccc(-c5ccccc5-c5ccccc5)cc4c4cc(-c5ccccc5-c5ccccc5)ccc43)c(-c3ccccc3-n3c4ccc(-c5ccccc5-c5ccccc5)cc4c4cc(-c5ccccc5-c5ccccc5)ccc43)c2)cc1. The van der Waals surface area contributed by atoms with Crippen molar-refractivity contribution < 1.29 is 0 Å². The first-order chi connectivity index (χ1) is 45.7. The number of hydrogen-bond donors (Lipinski definition) is 0. The topological polar surface area (TPSA) is 9.86 Å². The summed E-state index contributed by atoms with van der Waals surface area (Å²) in [5.74, 6) is 0. The lowest BCUT2D eigenvalue weighted by molar-refractivity contribution is 1.16. The van der Waals surface area contributed by atoms with Crippen LogP contribution in [0.5, 0.6) is 0 Å².